The van der Waals surface area contributed by atoms with Gasteiger partial charge in [-0.25, -0.2) is 0 Å². The highest BCUT2D eigenvalue weighted by atomic mass is 32.1. The number of benzene rings is 1. The van der Waals surface area contributed by atoms with Gasteiger partial charge in [0.05, 0.1) is 23.0 Å². The Balaban J connectivity index is 2.14. The third-order valence-electron chi connectivity index (χ3n) is 3.39. The molecule has 0 bridgehead atoms. The van der Waals surface area contributed by atoms with Crippen molar-refractivity contribution < 1.29 is 18.8 Å². The number of carbonyl (C=O) groups is 2. The first kappa shape index (κ1) is 16.1. The van der Waals surface area contributed by atoms with E-state index in [9.17, 15) is 9.59 Å². The van der Waals surface area contributed by atoms with E-state index < -0.39 is 11.9 Å². The number of aryl methyl sites for hydroxylation is 2. The van der Waals surface area contributed by atoms with Crippen LogP contribution in [0.4, 0.5) is 0 Å². The second kappa shape index (κ2) is 6.40. The van der Waals surface area contributed by atoms with Gasteiger partial charge in [-0.2, -0.15) is 4.99 Å². The van der Waals surface area contributed by atoms with Crippen molar-refractivity contribution in [3.05, 3.63) is 46.1 Å². The molecule has 0 N–H and O–H groups in total. The van der Waals surface area contributed by atoms with E-state index in [0.717, 1.165) is 15.8 Å². The monoisotopic (exact) mass is 345 g/mol. The van der Waals surface area contributed by atoms with Crippen molar-refractivity contribution >= 4 is 33.4 Å². The number of nitrogens with zero attached hydrogens (tertiary/aromatic N) is 3. The Morgan fingerprint density at radius 2 is 2.12 bits per heavy atom. The molecule has 0 aliphatic carbocycles. The molecule has 0 saturated carbocycles. The SMILES string of the molecule is COC(=O)Cn1c(=NC(=O)c2cc(C)no2)sc2cc(C)ccc21. The number of hydrogen-bond donors (Lipinski definition) is 0. The summed E-state index contributed by atoms with van der Waals surface area (Å²) in [5, 5.41) is 3.68. The first-order chi connectivity index (χ1) is 11.5. The molecule has 24 heavy (non-hydrogen) atoms. The van der Waals surface area contributed by atoms with Gasteiger partial charge in [-0.3, -0.25) is 9.59 Å². The van der Waals surface area contributed by atoms with Crippen LogP contribution in [-0.4, -0.2) is 28.7 Å². The molecule has 0 saturated heterocycles. The molecule has 2 heterocycles. The van der Waals surface area contributed by atoms with E-state index in [-0.39, 0.29) is 12.3 Å². The van der Waals surface area contributed by atoms with Crippen molar-refractivity contribution in [1.29, 1.82) is 0 Å². The summed E-state index contributed by atoms with van der Waals surface area (Å²) in [5.41, 5.74) is 2.50. The molecule has 1 aromatic carbocycles. The average molecular weight is 345 g/mol. The maximum absolute atomic E-state index is 12.3. The lowest BCUT2D eigenvalue weighted by Gasteiger charge is -2.03. The molecular formula is C16H15N3O4S. The van der Waals surface area contributed by atoms with Crippen molar-refractivity contribution in [3.63, 3.8) is 0 Å². The van der Waals surface area contributed by atoms with Crippen molar-refractivity contribution in [2.24, 2.45) is 4.99 Å². The van der Waals surface area contributed by atoms with Crippen molar-refractivity contribution in [1.82, 2.24) is 9.72 Å². The van der Waals surface area contributed by atoms with Crippen LogP contribution in [0.2, 0.25) is 0 Å². The van der Waals surface area contributed by atoms with E-state index in [1.54, 1.807) is 11.5 Å². The number of thiazole rings is 1. The summed E-state index contributed by atoms with van der Waals surface area (Å²) >= 11 is 1.33. The zero-order valence-corrected chi connectivity index (χ0v) is 14.2. The summed E-state index contributed by atoms with van der Waals surface area (Å²) < 4.78 is 12.3. The van der Waals surface area contributed by atoms with E-state index >= 15 is 0 Å². The molecular weight excluding hydrogens is 330 g/mol. The maximum Gasteiger partial charge on any atom is 0.325 e. The van der Waals surface area contributed by atoms with Gasteiger partial charge >= 0.3 is 11.9 Å². The van der Waals surface area contributed by atoms with Gasteiger partial charge in [-0.15, -0.1) is 0 Å². The molecule has 2 aromatic heterocycles. The van der Waals surface area contributed by atoms with Crippen LogP contribution in [0.1, 0.15) is 21.8 Å². The molecule has 124 valence electrons. The van der Waals surface area contributed by atoms with E-state index in [1.165, 1.54) is 24.5 Å². The molecule has 0 radical (unpaired) electrons. The van der Waals surface area contributed by atoms with Crippen LogP contribution < -0.4 is 4.80 Å². The van der Waals surface area contributed by atoms with Crippen molar-refractivity contribution in [3.8, 4) is 0 Å². The molecule has 8 heteroatoms. The minimum atomic E-state index is -0.544. The Labute approximate surface area is 141 Å². The second-order valence-corrected chi connectivity index (χ2v) is 6.28. The van der Waals surface area contributed by atoms with E-state index in [0.29, 0.717) is 10.5 Å². The number of methoxy groups -OCH3 is 1. The van der Waals surface area contributed by atoms with Crippen LogP contribution in [0, 0.1) is 13.8 Å². The largest absolute Gasteiger partial charge is 0.468 e. The predicted octanol–water partition coefficient (Wildman–Crippen LogP) is 2.22. The lowest BCUT2D eigenvalue weighted by molar-refractivity contribution is -0.141. The number of ether oxygens (including phenoxy) is 1. The Morgan fingerprint density at radius 3 is 2.79 bits per heavy atom. The fraction of sp³-hybridized carbons (Fsp3) is 0.250. The van der Waals surface area contributed by atoms with Crippen LogP contribution in [0.5, 0.6) is 0 Å². The van der Waals surface area contributed by atoms with Gasteiger partial charge in [-0.1, -0.05) is 22.6 Å². The molecule has 0 aliphatic rings. The Bertz CT molecular complexity index is 996. The third-order valence-corrected chi connectivity index (χ3v) is 4.43. The summed E-state index contributed by atoms with van der Waals surface area (Å²) in [4.78, 5) is 28.5. The van der Waals surface area contributed by atoms with E-state index in [1.807, 2.05) is 25.1 Å². The molecule has 0 atom stereocenters. The topological polar surface area (TPSA) is 86.7 Å². The predicted molar refractivity (Wildman–Crippen MR) is 87.7 cm³/mol. The smallest absolute Gasteiger partial charge is 0.325 e. The summed E-state index contributed by atoms with van der Waals surface area (Å²) in [6.07, 6.45) is 0. The minimum absolute atomic E-state index is 0.0267. The van der Waals surface area contributed by atoms with E-state index in [2.05, 4.69) is 10.1 Å². The normalized spacial score (nSPS) is 11.9. The van der Waals surface area contributed by atoms with Gasteiger partial charge < -0.3 is 13.8 Å². The van der Waals surface area contributed by atoms with Crippen LogP contribution >= 0.6 is 11.3 Å². The fourth-order valence-electron chi connectivity index (χ4n) is 2.22. The summed E-state index contributed by atoms with van der Waals surface area (Å²) in [5.74, 6) is -0.900. The quantitative estimate of drug-likeness (QED) is 0.679. The molecule has 1 amide bonds. The number of amides is 1. The van der Waals surface area contributed by atoms with Gasteiger partial charge in [0.25, 0.3) is 0 Å². The standard InChI is InChI=1S/C16H15N3O4S/c1-9-4-5-11-13(6-9)24-16(19(11)8-14(20)22-3)17-15(21)12-7-10(2)18-23-12/h4-7H,8H2,1-3H3. The van der Waals surface area contributed by atoms with Crippen LogP contribution in [-0.2, 0) is 16.1 Å². The lowest BCUT2D eigenvalue weighted by atomic mass is 10.2. The van der Waals surface area contributed by atoms with Crippen LogP contribution in [0.3, 0.4) is 0 Å². The molecule has 0 spiro atoms. The summed E-state index contributed by atoms with van der Waals surface area (Å²) in [7, 11) is 1.32. The first-order valence-electron chi connectivity index (χ1n) is 7.17. The zero-order valence-electron chi connectivity index (χ0n) is 13.4. The van der Waals surface area contributed by atoms with Gasteiger partial charge in [-0.05, 0) is 31.5 Å². The Morgan fingerprint density at radius 1 is 1.33 bits per heavy atom. The molecule has 0 fully saturated rings. The maximum atomic E-state index is 12.3. The molecule has 7 nitrogen and oxygen atoms in total. The van der Waals surface area contributed by atoms with Crippen molar-refractivity contribution in [2.75, 3.05) is 7.11 Å². The fourth-order valence-corrected chi connectivity index (χ4v) is 3.34. The van der Waals surface area contributed by atoms with Gasteiger partial charge in [0, 0.05) is 6.07 Å². The lowest BCUT2D eigenvalue weighted by Crippen LogP contribution is -2.22. The molecule has 0 unspecified atom stereocenters. The third kappa shape index (κ3) is 3.13. The number of hydrogen-bond acceptors (Lipinski definition) is 6. The number of esters is 1. The number of carbonyl (C=O) groups excluding carboxylic acids is 2. The zero-order chi connectivity index (χ0) is 17.3. The first-order valence-corrected chi connectivity index (χ1v) is 7.99. The van der Waals surface area contributed by atoms with Gasteiger partial charge in [0.15, 0.2) is 4.80 Å². The minimum Gasteiger partial charge on any atom is -0.468 e. The summed E-state index contributed by atoms with van der Waals surface area (Å²) in [6, 6.07) is 7.34. The van der Waals surface area contributed by atoms with Crippen LogP contribution in [0.25, 0.3) is 10.2 Å². The number of aromatic nitrogens is 2. The number of fused-ring (bicyclic) bond motifs is 1. The second-order valence-electron chi connectivity index (χ2n) is 5.27. The highest BCUT2D eigenvalue weighted by molar-refractivity contribution is 7.16. The molecule has 3 aromatic rings. The molecule has 0 aliphatic heterocycles. The Kier molecular flexibility index (Phi) is 4.30. The highest BCUT2D eigenvalue weighted by Gasteiger charge is 2.14. The highest BCUT2D eigenvalue weighted by Crippen LogP contribution is 2.19. The Hall–Kier alpha value is -2.74. The van der Waals surface area contributed by atoms with Crippen molar-refractivity contribution in [2.45, 2.75) is 20.4 Å². The molecule has 3 rings (SSSR count). The van der Waals surface area contributed by atoms with Crippen LogP contribution in [0.15, 0.2) is 33.8 Å². The van der Waals surface area contributed by atoms with Gasteiger partial charge in [0.1, 0.15) is 6.54 Å². The van der Waals surface area contributed by atoms with E-state index in [4.69, 9.17) is 9.26 Å². The average Bonchev–Trinajstić information content (AvgIpc) is 3.11. The summed E-state index contributed by atoms with van der Waals surface area (Å²) in [6.45, 7) is 3.67. The number of rotatable bonds is 3. The van der Waals surface area contributed by atoms with Gasteiger partial charge in [0.2, 0.25) is 5.76 Å².